The van der Waals surface area contributed by atoms with E-state index in [0.717, 1.165) is 36.2 Å². The third-order valence-electron chi connectivity index (χ3n) is 5.94. The van der Waals surface area contributed by atoms with E-state index in [1.54, 1.807) is 0 Å². The summed E-state index contributed by atoms with van der Waals surface area (Å²) in [4.78, 5) is 15.1. The normalized spacial score (nSPS) is 17.4. The molecule has 4 rings (SSSR count). The SMILES string of the molecule is N[C@@H](Cc1ccccc1)C(=O)NC1CCN(C(c2ccc(Cl)cc2)c2ccc(Cl)cc2)C1. The number of amides is 1. The van der Waals surface area contributed by atoms with E-state index in [-0.39, 0.29) is 18.0 Å². The highest BCUT2D eigenvalue weighted by Crippen LogP contribution is 2.33. The van der Waals surface area contributed by atoms with Crippen LogP contribution in [0.15, 0.2) is 78.9 Å². The van der Waals surface area contributed by atoms with Crippen molar-refractivity contribution < 1.29 is 4.79 Å². The van der Waals surface area contributed by atoms with Gasteiger partial charge in [0.15, 0.2) is 0 Å². The van der Waals surface area contributed by atoms with Crippen molar-refractivity contribution in [1.29, 1.82) is 0 Å². The van der Waals surface area contributed by atoms with E-state index in [9.17, 15) is 4.79 Å². The van der Waals surface area contributed by atoms with Crippen molar-refractivity contribution >= 4 is 29.1 Å². The van der Waals surface area contributed by atoms with Crippen LogP contribution in [0.5, 0.6) is 0 Å². The van der Waals surface area contributed by atoms with E-state index >= 15 is 0 Å². The molecule has 6 heteroatoms. The van der Waals surface area contributed by atoms with Crippen molar-refractivity contribution in [3.05, 3.63) is 106 Å². The van der Waals surface area contributed by atoms with Crippen LogP contribution in [0.1, 0.15) is 29.2 Å². The number of rotatable bonds is 7. The molecule has 1 amide bonds. The standard InChI is InChI=1S/C26H27Cl2N3O/c27-21-10-6-19(7-11-21)25(20-8-12-22(28)13-9-20)31-15-14-23(17-31)30-26(32)24(29)16-18-4-2-1-3-5-18/h1-13,23-25H,14-17,29H2,(H,30,32)/t23?,24-/m0/s1. The Bertz CT molecular complexity index is 980. The van der Waals surface area contributed by atoms with Crippen molar-refractivity contribution in [2.45, 2.75) is 31.0 Å². The first-order valence-electron chi connectivity index (χ1n) is 10.8. The van der Waals surface area contributed by atoms with E-state index in [1.165, 1.54) is 0 Å². The fourth-order valence-electron chi connectivity index (χ4n) is 4.31. The number of benzene rings is 3. The molecule has 1 heterocycles. The smallest absolute Gasteiger partial charge is 0.237 e. The van der Waals surface area contributed by atoms with E-state index in [1.807, 2.05) is 54.6 Å². The molecule has 3 N–H and O–H groups in total. The molecule has 0 spiro atoms. The van der Waals surface area contributed by atoms with Gasteiger partial charge in [0.1, 0.15) is 0 Å². The van der Waals surface area contributed by atoms with Crippen LogP contribution in [-0.4, -0.2) is 36.0 Å². The van der Waals surface area contributed by atoms with Gasteiger partial charge in [-0.15, -0.1) is 0 Å². The molecular formula is C26H27Cl2N3O. The number of carbonyl (C=O) groups is 1. The van der Waals surface area contributed by atoms with Gasteiger partial charge in [0.2, 0.25) is 5.91 Å². The van der Waals surface area contributed by atoms with Gasteiger partial charge in [0.05, 0.1) is 12.1 Å². The van der Waals surface area contributed by atoms with Crippen molar-refractivity contribution in [3.8, 4) is 0 Å². The highest BCUT2D eigenvalue weighted by molar-refractivity contribution is 6.30. The maximum Gasteiger partial charge on any atom is 0.237 e. The fourth-order valence-corrected chi connectivity index (χ4v) is 4.56. The molecule has 166 valence electrons. The summed E-state index contributed by atoms with van der Waals surface area (Å²) in [6.07, 6.45) is 1.41. The van der Waals surface area contributed by atoms with Crippen LogP contribution in [-0.2, 0) is 11.2 Å². The minimum Gasteiger partial charge on any atom is -0.351 e. The fraction of sp³-hybridized carbons (Fsp3) is 0.269. The van der Waals surface area contributed by atoms with Crippen LogP contribution in [0.25, 0.3) is 0 Å². The molecule has 1 aliphatic heterocycles. The molecule has 0 radical (unpaired) electrons. The Morgan fingerprint density at radius 2 is 1.50 bits per heavy atom. The van der Waals surface area contributed by atoms with Gasteiger partial charge in [0.25, 0.3) is 0 Å². The molecule has 32 heavy (non-hydrogen) atoms. The summed E-state index contributed by atoms with van der Waals surface area (Å²) in [6.45, 7) is 1.62. The van der Waals surface area contributed by atoms with Crippen LogP contribution >= 0.6 is 23.2 Å². The van der Waals surface area contributed by atoms with Crippen LogP contribution in [0.3, 0.4) is 0 Å². The third-order valence-corrected chi connectivity index (χ3v) is 6.44. The molecule has 1 saturated heterocycles. The molecule has 0 saturated carbocycles. The topological polar surface area (TPSA) is 58.4 Å². The number of hydrogen-bond acceptors (Lipinski definition) is 3. The van der Waals surface area contributed by atoms with Gasteiger partial charge in [-0.2, -0.15) is 0 Å². The summed E-state index contributed by atoms with van der Waals surface area (Å²) in [6, 6.07) is 25.3. The second-order valence-corrected chi connectivity index (χ2v) is 9.16. The predicted octanol–water partition coefficient (Wildman–Crippen LogP) is 4.84. The molecule has 1 unspecified atom stereocenters. The van der Waals surface area contributed by atoms with Gasteiger partial charge in [-0.05, 0) is 53.8 Å². The van der Waals surface area contributed by atoms with Crippen molar-refractivity contribution in [2.75, 3.05) is 13.1 Å². The van der Waals surface area contributed by atoms with E-state index in [2.05, 4.69) is 34.5 Å². The Hall–Kier alpha value is -2.37. The van der Waals surface area contributed by atoms with Crippen molar-refractivity contribution in [3.63, 3.8) is 0 Å². The van der Waals surface area contributed by atoms with Gasteiger partial charge in [-0.3, -0.25) is 9.69 Å². The summed E-state index contributed by atoms with van der Waals surface area (Å²) < 4.78 is 0. The van der Waals surface area contributed by atoms with Crippen LogP contribution in [0.4, 0.5) is 0 Å². The van der Waals surface area contributed by atoms with Gasteiger partial charge >= 0.3 is 0 Å². The lowest BCUT2D eigenvalue weighted by atomic mass is 9.97. The van der Waals surface area contributed by atoms with Gasteiger partial charge in [0, 0.05) is 29.2 Å². The van der Waals surface area contributed by atoms with E-state index < -0.39 is 6.04 Å². The average Bonchev–Trinajstić information content (AvgIpc) is 3.25. The van der Waals surface area contributed by atoms with Crippen molar-refractivity contribution in [2.24, 2.45) is 5.73 Å². The second-order valence-electron chi connectivity index (χ2n) is 8.29. The average molecular weight is 468 g/mol. The molecule has 3 aromatic carbocycles. The minimum absolute atomic E-state index is 0.0597. The Labute approximate surface area is 199 Å². The Kier molecular flexibility index (Phi) is 7.48. The first-order chi connectivity index (χ1) is 15.5. The predicted molar refractivity (Wildman–Crippen MR) is 131 cm³/mol. The van der Waals surface area contributed by atoms with Crippen molar-refractivity contribution in [1.82, 2.24) is 10.2 Å². The zero-order chi connectivity index (χ0) is 22.5. The minimum atomic E-state index is -0.560. The summed E-state index contributed by atoms with van der Waals surface area (Å²) in [7, 11) is 0. The van der Waals surface area contributed by atoms with Gasteiger partial charge in [-0.25, -0.2) is 0 Å². The van der Waals surface area contributed by atoms with Gasteiger partial charge < -0.3 is 11.1 Å². The monoisotopic (exact) mass is 467 g/mol. The first-order valence-corrected chi connectivity index (χ1v) is 11.6. The molecule has 3 aromatic rings. The largest absolute Gasteiger partial charge is 0.351 e. The quantitative estimate of drug-likeness (QED) is 0.522. The number of nitrogens with two attached hydrogens (primary N) is 1. The number of likely N-dealkylation sites (tertiary alicyclic amines) is 1. The van der Waals surface area contributed by atoms with E-state index in [0.29, 0.717) is 16.5 Å². The van der Waals surface area contributed by atoms with Crippen LogP contribution < -0.4 is 11.1 Å². The first kappa shape index (κ1) is 22.8. The summed E-state index contributed by atoms with van der Waals surface area (Å²) in [5, 5.41) is 4.58. The molecule has 0 aromatic heterocycles. The third kappa shape index (κ3) is 5.70. The lowest BCUT2D eigenvalue weighted by Crippen LogP contribution is -2.47. The number of carbonyl (C=O) groups excluding carboxylic acids is 1. The summed E-state index contributed by atoms with van der Waals surface area (Å²) in [5.74, 6) is -0.102. The molecule has 2 atom stereocenters. The van der Waals surface area contributed by atoms with Crippen LogP contribution in [0.2, 0.25) is 10.0 Å². The Morgan fingerprint density at radius 1 is 0.938 bits per heavy atom. The summed E-state index contributed by atoms with van der Waals surface area (Å²) in [5.41, 5.74) is 9.56. The Balaban J connectivity index is 1.44. The lowest BCUT2D eigenvalue weighted by molar-refractivity contribution is -0.123. The maximum atomic E-state index is 12.7. The number of halogens is 2. The number of hydrogen-bond donors (Lipinski definition) is 2. The van der Waals surface area contributed by atoms with Gasteiger partial charge in [-0.1, -0.05) is 77.8 Å². The second kappa shape index (κ2) is 10.5. The highest BCUT2D eigenvalue weighted by Gasteiger charge is 2.31. The molecular weight excluding hydrogens is 441 g/mol. The lowest BCUT2D eigenvalue weighted by Gasteiger charge is -2.29. The Morgan fingerprint density at radius 3 is 2.06 bits per heavy atom. The zero-order valence-electron chi connectivity index (χ0n) is 17.8. The zero-order valence-corrected chi connectivity index (χ0v) is 19.3. The maximum absolute atomic E-state index is 12.7. The highest BCUT2D eigenvalue weighted by atomic mass is 35.5. The molecule has 1 aliphatic rings. The van der Waals surface area contributed by atoms with Crippen LogP contribution in [0, 0.1) is 0 Å². The molecule has 0 bridgehead atoms. The van der Waals surface area contributed by atoms with E-state index in [4.69, 9.17) is 28.9 Å². The number of nitrogens with zero attached hydrogens (tertiary/aromatic N) is 1. The molecule has 4 nitrogen and oxygen atoms in total. The summed E-state index contributed by atoms with van der Waals surface area (Å²) >= 11 is 12.2. The molecule has 1 fully saturated rings. The molecule has 0 aliphatic carbocycles. The number of nitrogens with one attached hydrogen (secondary N) is 1.